The van der Waals surface area contributed by atoms with E-state index in [1.54, 1.807) is 23.1 Å². The molecule has 3 heterocycles. The van der Waals surface area contributed by atoms with Gasteiger partial charge in [-0.15, -0.1) is 10.2 Å². The number of aryl methyl sites for hydroxylation is 1. The predicted octanol–water partition coefficient (Wildman–Crippen LogP) is 4.75. The molecule has 1 saturated carbocycles. The van der Waals surface area contributed by atoms with E-state index in [1.165, 1.54) is 25.7 Å². The zero-order valence-corrected chi connectivity index (χ0v) is 20.4. The summed E-state index contributed by atoms with van der Waals surface area (Å²) in [6, 6.07) is 7.77. The SMILES string of the molecule is Cc1nnc(SCc2c(C(=O)N3CCN(C(=O)CC4CCCC4)CC3)oc3ccccc23)s1. The lowest BCUT2D eigenvalue weighted by atomic mass is 10.0. The van der Waals surface area contributed by atoms with Crippen molar-refractivity contribution < 1.29 is 14.0 Å². The van der Waals surface area contributed by atoms with Gasteiger partial charge in [0.2, 0.25) is 5.91 Å². The van der Waals surface area contributed by atoms with E-state index < -0.39 is 0 Å². The van der Waals surface area contributed by atoms with Crippen LogP contribution in [-0.2, 0) is 10.5 Å². The molecule has 1 aliphatic heterocycles. The average Bonchev–Trinajstić information content (AvgIpc) is 3.57. The van der Waals surface area contributed by atoms with Gasteiger partial charge in [0, 0.05) is 49.3 Å². The summed E-state index contributed by atoms with van der Waals surface area (Å²) in [7, 11) is 0. The van der Waals surface area contributed by atoms with Gasteiger partial charge < -0.3 is 14.2 Å². The van der Waals surface area contributed by atoms with Gasteiger partial charge in [0.05, 0.1) is 0 Å². The van der Waals surface area contributed by atoms with Crippen molar-refractivity contribution in [2.24, 2.45) is 5.92 Å². The molecule has 33 heavy (non-hydrogen) atoms. The van der Waals surface area contributed by atoms with Crippen molar-refractivity contribution in [1.82, 2.24) is 20.0 Å². The number of amides is 2. The van der Waals surface area contributed by atoms with Crippen molar-refractivity contribution in [2.45, 2.75) is 49.1 Å². The fraction of sp³-hybridized carbons (Fsp3) is 0.500. The van der Waals surface area contributed by atoms with Gasteiger partial charge in [-0.2, -0.15) is 0 Å². The third-order valence-electron chi connectivity index (χ3n) is 6.60. The molecule has 3 aromatic rings. The molecule has 0 unspecified atom stereocenters. The summed E-state index contributed by atoms with van der Waals surface area (Å²) in [5.74, 6) is 1.67. The Morgan fingerprint density at radius 1 is 1.09 bits per heavy atom. The lowest BCUT2D eigenvalue weighted by molar-refractivity contribution is -0.133. The Bertz CT molecular complexity index is 1140. The van der Waals surface area contributed by atoms with E-state index in [9.17, 15) is 9.59 Å². The standard InChI is InChI=1S/C24H28N4O3S2/c1-16-25-26-24(33-16)32-15-19-18-8-4-5-9-20(18)31-22(19)23(30)28-12-10-27(11-13-28)21(29)14-17-6-2-3-7-17/h4-5,8-9,17H,2-3,6-7,10-15H2,1H3. The summed E-state index contributed by atoms with van der Waals surface area (Å²) in [4.78, 5) is 29.9. The quantitative estimate of drug-likeness (QED) is 0.470. The second-order valence-electron chi connectivity index (χ2n) is 8.81. The molecule has 0 N–H and O–H groups in total. The number of carbonyl (C=O) groups is 2. The van der Waals surface area contributed by atoms with Crippen LogP contribution in [0.5, 0.6) is 0 Å². The fourth-order valence-corrected chi connectivity index (χ4v) is 6.62. The van der Waals surface area contributed by atoms with Crippen LogP contribution in [0.15, 0.2) is 33.0 Å². The zero-order chi connectivity index (χ0) is 22.8. The molecule has 2 aliphatic rings. The molecule has 7 nitrogen and oxygen atoms in total. The summed E-state index contributed by atoms with van der Waals surface area (Å²) in [5.41, 5.74) is 1.61. The summed E-state index contributed by atoms with van der Waals surface area (Å²) in [6.45, 7) is 4.18. The Morgan fingerprint density at radius 3 is 2.55 bits per heavy atom. The second kappa shape index (κ2) is 9.85. The van der Waals surface area contributed by atoms with Crippen molar-refractivity contribution in [3.63, 3.8) is 0 Å². The molecule has 0 bridgehead atoms. The predicted molar refractivity (Wildman–Crippen MR) is 129 cm³/mol. The van der Waals surface area contributed by atoms with Crippen LogP contribution in [0.25, 0.3) is 11.0 Å². The summed E-state index contributed by atoms with van der Waals surface area (Å²) in [5, 5.41) is 10.1. The van der Waals surface area contributed by atoms with Gasteiger partial charge in [-0.05, 0) is 31.7 Å². The third-order valence-corrected chi connectivity index (χ3v) is 8.60. The van der Waals surface area contributed by atoms with Crippen LogP contribution in [0.4, 0.5) is 0 Å². The molecule has 5 rings (SSSR count). The highest BCUT2D eigenvalue weighted by molar-refractivity contribution is 8.00. The van der Waals surface area contributed by atoms with E-state index in [0.29, 0.717) is 50.0 Å². The van der Waals surface area contributed by atoms with Gasteiger partial charge in [0.1, 0.15) is 10.6 Å². The number of piperazine rings is 1. The van der Waals surface area contributed by atoms with Crippen molar-refractivity contribution in [2.75, 3.05) is 26.2 Å². The minimum Gasteiger partial charge on any atom is -0.451 e. The number of furan rings is 1. The maximum atomic E-state index is 13.5. The van der Waals surface area contributed by atoms with Crippen LogP contribution in [0.2, 0.25) is 0 Å². The number of rotatable bonds is 6. The van der Waals surface area contributed by atoms with E-state index >= 15 is 0 Å². The average molecular weight is 485 g/mol. The Balaban J connectivity index is 1.27. The smallest absolute Gasteiger partial charge is 0.290 e. The Kier molecular flexibility index (Phi) is 6.69. The summed E-state index contributed by atoms with van der Waals surface area (Å²) in [6.07, 6.45) is 5.50. The highest BCUT2D eigenvalue weighted by Crippen LogP contribution is 2.34. The molecule has 0 spiro atoms. The maximum Gasteiger partial charge on any atom is 0.290 e. The van der Waals surface area contributed by atoms with Gasteiger partial charge >= 0.3 is 0 Å². The number of para-hydroxylation sites is 1. The number of thioether (sulfide) groups is 1. The fourth-order valence-electron chi connectivity index (χ4n) is 4.78. The first-order valence-corrected chi connectivity index (χ1v) is 13.4. The molecule has 1 saturated heterocycles. The summed E-state index contributed by atoms with van der Waals surface area (Å²) < 4.78 is 6.93. The largest absolute Gasteiger partial charge is 0.451 e. The first kappa shape index (κ1) is 22.4. The monoisotopic (exact) mass is 484 g/mol. The number of carbonyl (C=O) groups excluding carboxylic acids is 2. The van der Waals surface area contributed by atoms with Crippen LogP contribution in [0.1, 0.15) is 53.2 Å². The molecule has 2 aromatic heterocycles. The van der Waals surface area contributed by atoms with Gasteiger partial charge in [0.25, 0.3) is 5.91 Å². The molecule has 9 heteroatoms. The van der Waals surface area contributed by atoms with E-state index in [4.69, 9.17) is 4.42 Å². The Labute approximate surface area is 201 Å². The molecular formula is C24H28N4O3S2. The Morgan fingerprint density at radius 2 is 1.82 bits per heavy atom. The molecule has 1 aliphatic carbocycles. The van der Waals surface area contributed by atoms with E-state index in [-0.39, 0.29) is 11.8 Å². The highest BCUT2D eigenvalue weighted by Gasteiger charge is 2.30. The third kappa shape index (κ3) is 4.94. The number of fused-ring (bicyclic) bond motifs is 1. The number of hydrogen-bond donors (Lipinski definition) is 0. The normalized spacial score (nSPS) is 17.2. The van der Waals surface area contributed by atoms with Crippen molar-refractivity contribution >= 4 is 45.9 Å². The van der Waals surface area contributed by atoms with E-state index in [0.717, 1.165) is 25.9 Å². The minimum atomic E-state index is -0.0989. The molecule has 0 radical (unpaired) electrons. The van der Waals surface area contributed by atoms with Crippen molar-refractivity contribution in [3.05, 3.63) is 40.6 Å². The number of nitrogens with zero attached hydrogens (tertiary/aromatic N) is 4. The van der Waals surface area contributed by atoms with Crippen LogP contribution >= 0.6 is 23.1 Å². The first-order valence-electron chi connectivity index (χ1n) is 11.6. The van der Waals surface area contributed by atoms with Crippen molar-refractivity contribution in [3.8, 4) is 0 Å². The number of benzene rings is 1. The van der Waals surface area contributed by atoms with Crippen molar-refractivity contribution in [1.29, 1.82) is 0 Å². The highest BCUT2D eigenvalue weighted by atomic mass is 32.2. The first-order chi connectivity index (χ1) is 16.1. The molecule has 2 fully saturated rings. The van der Waals surface area contributed by atoms with E-state index in [1.807, 2.05) is 41.0 Å². The minimum absolute atomic E-state index is 0.0989. The molecule has 1 aromatic carbocycles. The molecule has 2 amide bonds. The van der Waals surface area contributed by atoms with E-state index in [2.05, 4.69) is 10.2 Å². The number of hydrogen-bond acceptors (Lipinski definition) is 7. The molecular weight excluding hydrogens is 456 g/mol. The van der Waals surface area contributed by atoms with Crippen LogP contribution in [-0.4, -0.2) is 58.0 Å². The van der Waals surface area contributed by atoms with Gasteiger partial charge in [-0.25, -0.2) is 0 Å². The molecule has 0 atom stereocenters. The summed E-state index contributed by atoms with van der Waals surface area (Å²) >= 11 is 3.12. The Hall–Kier alpha value is -2.39. The van der Waals surface area contributed by atoms with Crippen LogP contribution in [0, 0.1) is 12.8 Å². The van der Waals surface area contributed by atoms with Gasteiger partial charge in [-0.1, -0.05) is 54.1 Å². The lowest BCUT2D eigenvalue weighted by Gasteiger charge is -2.35. The van der Waals surface area contributed by atoms with Crippen LogP contribution in [0.3, 0.4) is 0 Å². The number of aromatic nitrogens is 2. The maximum absolute atomic E-state index is 13.5. The topological polar surface area (TPSA) is 79.5 Å². The van der Waals surface area contributed by atoms with Gasteiger partial charge in [-0.3, -0.25) is 9.59 Å². The molecule has 174 valence electrons. The van der Waals surface area contributed by atoms with Gasteiger partial charge in [0.15, 0.2) is 10.1 Å². The zero-order valence-electron chi connectivity index (χ0n) is 18.8. The van der Waals surface area contributed by atoms with Crippen LogP contribution < -0.4 is 0 Å². The lowest BCUT2D eigenvalue weighted by Crippen LogP contribution is -2.50. The second-order valence-corrected chi connectivity index (χ2v) is 11.2.